The molecule has 1 fully saturated rings. The van der Waals surface area contributed by atoms with Gasteiger partial charge in [0.25, 0.3) is 11.7 Å². The Morgan fingerprint density at radius 2 is 2.04 bits per heavy atom. The number of aliphatic hydroxyl groups is 1. The molecule has 1 atom stereocenters. The Kier molecular flexibility index (Phi) is 5.79. The van der Waals surface area contributed by atoms with Crippen molar-refractivity contribution in [2.45, 2.75) is 32.2 Å². The van der Waals surface area contributed by atoms with Crippen LogP contribution in [0.25, 0.3) is 5.76 Å². The molecule has 0 aliphatic carbocycles. The number of amides is 1. The molecule has 2 heterocycles. The number of Topliss-reactive ketones (excluding diaryl/α,β-unsaturated/α-hetero) is 1. The molecule has 1 aromatic heterocycles. The Balaban J connectivity index is 2.08. The largest absolute Gasteiger partial charge is 0.507 e. The first-order chi connectivity index (χ1) is 12.5. The van der Waals surface area contributed by atoms with Crippen LogP contribution in [0.3, 0.4) is 0 Å². The van der Waals surface area contributed by atoms with Crippen molar-refractivity contribution in [2.75, 3.05) is 6.54 Å². The summed E-state index contributed by atoms with van der Waals surface area (Å²) >= 11 is 7.49. The number of hydrogen-bond acceptors (Lipinski definition) is 4. The standard InChI is InChI=1S/C20H20ClNO3S/c1-2-3-4-10-22-17(15-9-6-11-26-15)16(19(24)20(22)25)18(23)13-7-5-8-14(21)12-13/h5-9,11-12,17,23H,2-4,10H2,1H3/b18-16-. The summed E-state index contributed by atoms with van der Waals surface area (Å²) in [7, 11) is 0. The molecule has 1 aliphatic heterocycles. The third-order valence-electron chi connectivity index (χ3n) is 4.45. The number of benzene rings is 1. The fourth-order valence-electron chi connectivity index (χ4n) is 3.18. The predicted octanol–water partition coefficient (Wildman–Crippen LogP) is 5.01. The van der Waals surface area contributed by atoms with E-state index in [0.29, 0.717) is 17.1 Å². The van der Waals surface area contributed by atoms with Gasteiger partial charge in [-0.25, -0.2) is 0 Å². The van der Waals surface area contributed by atoms with Crippen molar-refractivity contribution in [3.63, 3.8) is 0 Å². The summed E-state index contributed by atoms with van der Waals surface area (Å²) in [5.41, 5.74) is 0.571. The van der Waals surface area contributed by atoms with Gasteiger partial charge in [0.15, 0.2) is 0 Å². The number of thiophene rings is 1. The Morgan fingerprint density at radius 3 is 2.69 bits per heavy atom. The Hall–Kier alpha value is -2.11. The van der Waals surface area contributed by atoms with Crippen LogP contribution in [0.4, 0.5) is 0 Å². The maximum absolute atomic E-state index is 12.7. The molecule has 1 N–H and O–H groups in total. The highest BCUT2D eigenvalue weighted by molar-refractivity contribution is 7.10. The summed E-state index contributed by atoms with van der Waals surface area (Å²) in [6.45, 7) is 2.58. The van der Waals surface area contributed by atoms with Crippen molar-refractivity contribution in [1.82, 2.24) is 4.90 Å². The summed E-state index contributed by atoms with van der Waals surface area (Å²) in [6, 6.07) is 9.88. The van der Waals surface area contributed by atoms with Gasteiger partial charge in [0, 0.05) is 22.0 Å². The van der Waals surface area contributed by atoms with E-state index in [1.807, 2.05) is 17.5 Å². The highest BCUT2D eigenvalue weighted by Crippen LogP contribution is 2.41. The fraction of sp³-hybridized carbons (Fsp3) is 0.300. The van der Waals surface area contributed by atoms with Crippen molar-refractivity contribution in [2.24, 2.45) is 0 Å². The minimum absolute atomic E-state index is 0.135. The number of rotatable bonds is 6. The number of carbonyl (C=O) groups excluding carboxylic acids is 2. The number of carbonyl (C=O) groups is 2. The molecule has 3 rings (SSSR count). The minimum atomic E-state index is -0.641. The highest BCUT2D eigenvalue weighted by atomic mass is 35.5. The molecule has 0 bridgehead atoms. The number of halogens is 1. The zero-order valence-corrected chi connectivity index (χ0v) is 16.0. The highest BCUT2D eigenvalue weighted by Gasteiger charge is 2.46. The number of likely N-dealkylation sites (tertiary alicyclic amines) is 1. The van der Waals surface area contributed by atoms with Crippen molar-refractivity contribution in [3.8, 4) is 0 Å². The van der Waals surface area contributed by atoms with E-state index in [1.165, 1.54) is 11.3 Å². The van der Waals surface area contributed by atoms with Crippen molar-refractivity contribution in [3.05, 3.63) is 62.8 Å². The molecule has 1 saturated heterocycles. The maximum atomic E-state index is 12.7. The summed E-state index contributed by atoms with van der Waals surface area (Å²) in [5.74, 6) is -1.37. The second-order valence-corrected chi connectivity index (χ2v) is 7.64. The summed E-state index contributed by atoms with van der Waals surface area (Å²) in [5, 5.41) is 13.2. The molecule has 1 aliphatic rings. The van der Waals surface area contributed by atoms with Crippen LogP contribution >= 0.6 is 22.9 Å². The fourth-order valence-corrected chi connectivity index (χ4v) is 4.21. The minimum Gasteiger partial charge on any atom is -0.507 e. The van der Waals surface area contributed by atoms with Crippen LogP contribution in [-0.2, 0) is 9.59 Å². The Labute approximate surface area is 161 Å². The van der Waals surface area contributed by atoms with E-state index in [0.717, 1.165) is 24.1 Å². The Morgan fingerprint density at radius 1 is 1.23 bits per heavy atom. The number of ketones is 1. The molecular weight excluding hydrogens is 370 g/mol. The van der Waals surface area contributed by atoms with Gasteiger partial charge < -0.3 is 10.0 Å². The molecule has 0 spiro atoms. The lowest BCUT2D eigenvalue weighted by Crippen LogP contribution is -2.30. The molecular formula is C20H20ClNO3S. The van der Waals surface area contributed by atoms with Gasteiger partial charge in [-0.3, -0.25) is 9.59 Å². The van der Waals surface area contributed by atoms with Gasteiger partial charge in [-0.2, -0.15) is 0 Å². The molecule has 1 unspecified atom stereocenters. The first kappa shape index (κ1) is 18.7. The van der Waals surface area contributed by atoms with Crippen LogP contribution in [0.15, 0.2) is 47.4 Å². The lowest BCUT2D eigenvalue weighted by Gasteiger charge is -2.24. The van der Waals surface area contributed by atoms with Gasteiger partial charge in [0.1, 0.15) is 5.76 Å². The normalized spacial score (nSPS) is 19.3. The average molecular weight is 390 g/mol. The summed E-state index contributed by atoms with van der Waals surface area (Å²) in [4.78, 5) is 27.8. The number of unbranched alkanes of at least 4 members (excludes halogenated alkanes) is 2. The number of hydrogen-bond donors (Lipinski definition) is 1. The molecule has 6 heteroatoms. The third kappa shape index (κ3) is 3.55. The first-order valence-corrected chi connectivity index (χ1v) is 9.88. The van der Waals surface area contributed by atoms with Crippen LogP contribution in [-0.4, -0.2) is 28.2 Å². The second-order valence-electron chi connectivity index (χ2n) is 6.23. The van der Waals surface area contributed by atoms with Gasteiger partial charge in [0.05, 0.1) is 11.6 Å². The number of nitrogens with zero attached hydrogens (tertiary/aromatic N) is 1. The number of aliphatic hydroxyl groups excluding tert-OH is 1. The first-order valence-electron chi connectivity index (χ1n) is 8.62. The topological polar surface area (TPSA) is 57.6 Å². The maximum Gasteiger partial charge on any atom is 0.295 e. The smallest absolute Gasteiger partial charge is 0.295 e. The van der Waals surface area contributed by atoms with Gasteiger partial charge in [-0.15, -0.1) is 11.3 Å². The van der Waals surface area contributed by atoms with Crippen LogP contribution in [0.1, 0.15) is 42.7 Å². The monoisotopic (exact) mass is 389 g/mol. The molecule has 2 aromatic rings. The molecule has 4 nitrogen and oxygen atoms in total. The summed E-state index contributed by atoms with van der Waals surface area (Å²) < 4.78 is 0. The quantitative estimate of drug-likeness (QED) is 0.327. The van der Waals surface area contributed by atoms with E-state index in [2.05, 4.69) is 6.92 Å². The van der Waals surface area contributed by atoms with E-state index < -0.39 is 17.7 Å². The second kappa shape index (κ2) is 8.06. The van der Waals surface area contributed by atoms with E-state index >= 15 is 0 Å². The molecule has 1 amide bonds. The molecule has 0 radical (unpaired) electrons. The Bertz CT molecular complexity index is 845. The molecule has 0 saturated carbocycles. The lowest BCUT2D eigenvalue weighted by molar-refractivity contribution is -0.139. The predicted molar refractivity (Wildman–Crippen MR) is 104 cm³/mol. The van der Waals surface area contributed by atoms with E-state index in [4.69, 9.17) is 11.6 Å². The third-order valence-corrected chi connectivity index (χ3v) is 5.61. The van der Waals surface area contributed by atoms with Gasteiger partial charge in [-0.1, -0.05) is 49.6 Å². The zero-order chi connectivity index (χ0) is 18.7. The van der Waals surface area contributed by atoms with Crippen LogP contribution in [0.2, 0.25) is 5.02 Å². The van der Waals surface area contributed by atoms with Crippen molar-refractivity contribution >= 4 is 40.4 Å². The average Bonchev–Trinajstić information content (AvgIpc) is 3.23. The lowest BCUT2D eigenvalue weighted by atomic mass is 10.00. The van der Waals surface area contributed by atoms with E-state index in [-0.39, 0.29) is 11.3 Å². The van der Waals surface area contributed by atoms with Gasteiger partial charge in [-0.05, 0) is 30.0 Å². The van der Waals surface area contributed by atoms with Crippen molar-refractivity contribution < 1.29 is 14.7 Å². The van der Waals surface area contributed by atoms with E-state index in [1.54, 1.807) is 29.2 Å². The SMILES string of the molecule is CCCCCN1C(=O)C(=O)/C(=C(\O)c2cccc(Cl)c2)C1c1cccs1. The molecule has 1 aromatic carbocycles. The van der Waals surface area contributed by atoms with Crippen LogP contribution < -0.4 is 0 Å². The van der Waals surface area contributed by atoms with Crippen LogP contribution in [0.5, 0.6) is 0 Å². The summed E-state index contributed by atoms with van der Waals surface area (Å²) in [6.07, 6.45) is 2.83. The molecule has 136 valence electrons. The molecule has 26 heavy (non-hydrogen) atoms. The zero-order valence-electron chi connectivity index (χ0n) is 14.4. The van der Waals surface area contributed by atoms with Crippen molar-refractivity contribution in [1.29, 1.82) is 0 Å². The van der Waals surface area contributed by atoms with Crippen LogP contribution in [0, 0.1) is 0 Å². The van der Waals surface area contributed by atoms with Gasteiger partial charge >= 0.3 is 0 Å². The van der Waals surface area contributed by atoms with E-state index in [9.17, 15) is 14.7 Å². The van der Waals surface area contributed by atoms with Gasteiger partial charge in [0.2, 0.25) is 0 Å².